The van der Waals surface area contributed by atoms with Crippen LogP contribution in [0.3, 0.4) is 0 Å². The predicted molar refractivity (Wildman–Crippen MR) is 117 cm³/mol. The standard InChI is InChI=1S/C24H21N3O4/c1-3-30-19-14-10-17(11-15-19)25-23(28)20-6-4-5-7-21(20)24-26-22(27-31-24)16-8-12-18(29-2)13-9-16/h4-15H,3H2,1-2H3,(H,25,28). The second kappa shape index (κ2) is 9.13. The van der Waals surface area contributed by atoms with Gasteiger partial charge in [-0.2, -0.15) is 4.98 Å². The van der Waals surface area contributed by atoms with E-state index in [2.05, 4.69) is 15.5 Å². The van der Waals surface area contributed by atoms with E-state index in [0.717, 1.165) is 17.1 Å². The van der Waals surface area contributed by atoms with E-state index in [4.69, 9.17) is 14.0 Å². The van der Waals surface area contributed by atoms with Gasteiger partial charge in [0.15, 0.2) is 0 Å². The Balaban J connectivity index is 1.57. The van der Waals surface area contributed by atoms with Crippen molar-refractivity contribution in [1.29, 1.82) is 0 Å². The second-order valence-corrected chi connectivity index (χ2v) is 6.61. The van der Waals surface area contributed by atoms with Gasteiger partial charge in [-0.3, -0.25) is 4.79 Å². The summed E-state index contributed by atoms with van der Waals surface area (Å²) in [5, 5.41) is 6.95. The van der Waals surface area contributed by atoms with E-state index in [1.165, 1.54) is 0 Å². The van der Waals surface area contributed by atoms with E-state index in [-0.39, 0.29) is 11.8 Å². The number of carbonyl (C=O) groups excluding carboxylic acids is 1. The average Bonchev–Trinajstić information content (AvgIpc) is 3.31. The molecule has 0 saturated heterocycles. The van der Waals surface area contributed by atoms with Crippen molar-refractivity contribution in [3.8, 4) is 34.3 Å². The van der Waals surface area contributed by atoms with Crippen LogP contribution >= 0.6 is 0 Å². The number of aromatic nitrogens is 2. The van der Waals surface area contributed by atoms with Crippen LogP contribution in [0.1, 0.15) is 17.3 Å². The Labute approximate surface area is 179 Å². The van der Waals surface area contributed by atoms with Crippen molar-refractivity contribution in [3.63, 3.8) is 0 Å². The van der Waals surface area contributed by atoms with E-state index in [1.807, 2.05) is 49.4 Å². The molecule has 1 N–H and O–H groups in total. The summed E-state index contributed by atoms with van der Waals surface area (Å²) in [4.78, 5) is 17.4. The van der Waals surface area contributed by atoms with Crippen molar-refractivity contribution >= 4 is 11.6 Å². The van der Waals surface area contributed by atoms with Gasteiger partial charge in [0.25, 0.3) is 11.8 Å². The molecule has 156 valence electrons. The van der Waals surface area contributed by atoms with Crippen molar-refractivity contribution in [1.82, 2.24) is 10.1 Å². The normalized spacial score (nSPS) is 10.5. The van der Waals surface area contributed by atoms with Crippen molar-refractivity contribution in [2.75, 3.05) is 19.0 Å². The molecule has 0 atom stereocenters. The third-order valence-corrected chi connectivity index (χ3v) is 4.60. The van der Waals surface area contributed by atoms with Gasteiger partial charge < -0.3 is 19.3 Å². The second-order valence-electron chi connectivity index (χ2n) is 6.61. The highest BCUT2D eigenvalue weighted by Gasteiger charge is 2.18. The quantitative estimate of drug-likeness (QED) is 0.454. The number of amides is 1. The Morgan fingerprint density at radius 1 is 0.968 bits per heavy atom. The molecule has 0 saturated carbocycles. The van der Waals surface area contributed by atoms with E-state index >= 15 is 0 Å². The zero-order valence-corrected chi connectivity index (χ0v) is 17.2. The van der Waals surface area contributed by atoms with Crippen LogP contribution in [0.4, 0.5) is 5.69 Å². The molecule has 1 heterocycles. The lowest BCUT2D eigenvalue weighted by Gasteiger charge is -2.09. The molecule has 1 amide bonds. The number of nitrogens with zero attached hydrogens (tertiary/aromatic N) is 2. The minimum Gasteiger partial charge on any atom is -0.497 e. The van der Waals surface area contributed by atoms with Crippen molar-refractivity contribution in [3.05, 3.63) is 78.4 Å². The molecule has 4 rings (SSSR count). The first-order valence-electron chi connectivity index (χ1n) is 9.79. The molecule has 0 fully saturated rings. The third kappa shape index (κ3) is 4.56. The van der Waals surface area contributed by atoms with E-state index < -0.39 is 0 Å². The van der Waals surface area contributed by atoms with Crippen LogP contribution in [0.25, 0.3) is 22.8 Å². The van der Waals surface area contributed by atoms with E-state index in [9.17, 15) is 4.79 Å². The number of rotatable bonds is 7. The molecule has 4 aromatic rings. The molecule has 3 aromatic carbocycles. The lowest BCUT2D eigenvalue weighted by molar-refractivity contribution is 0.102. The molecule has 0 radical (unpaired) electrons. The number of nitrogens with one attached hydrogen (secondary N) is 1. The number of ether oxygens (including phenoxy) is 2. The van der Waals surface area contributed by atoms with Crippen LogP contribution in [0, 0.1) is 0 Å². The maximum Gasteiger partial charge on any atom is 0.259 e. The molecule has 7 heteroatoms. The minimum absolute atomic E-state index is 0.267. The Kier molecular flexibility index (Phi) is 5.93. The summed E-state index contributed by atoms with van der Waals surface area (Å²) >= 11 is 0. The number of methoxy groups -OCH3 is 1. The number of anilines is 1. The van der Waals surface area contributed by atoms with Crippen molar-refractivity contribution < 1.29 is 18.8 Å². The van der Waals surface area contributed by atoms with Gasteiger partial charge in [0.05, 0.1) is 24.8 Å². The van der Waals surface area contributed by atoms with Gasteiger partial charge in [-0.25, -0.2) is 0 Å². The van der Waals surface area contributed by atoms with E-state index in [1.54, 1.807) is 37.4 Å². The molecule has 1 aromatic heterocycles. The van der Waals surface area contributed by atoms with Crippen LogP contribution in [-0.2, 0) is 0 Å². The van der Waals surface area contributed by atoms with Crippen LogP contribution in [0.15, 0.2) is 77.3 Å². The molecule has 0 bridgehead atoms. The summed E-state index contributed by atoms with van der Waals surface area (Å²) in [5.74, 6) is 1.91. The largest absolute Gasteiger partial charge is 0.497 e. The Bertz CT molecular complexity index is 1170. The van der Waals surface area contributed by atoms with Gasteiger partial charge in [0.2, 0.25) is 5.82 Å². The fourth-order valence-electron chi connectivity index (χ4n) is 3.06. The lowest BCUT2D eigenvalue weighted by atomic mass is 10.1. The zero-order chi connectivity index (χ0) is 21.6. The van der Waals surface area contributed by atoms with Gasteiger partial charge in [0, 0.05) is 11.3 Å². The maximum absolute atomic E-state index is 12.9. The van der Waals surface area contributed by atoms with Gasteiger partial charge in [-0.1, -0.05) is 17.3 Å². The molecule has 0 aliphatic heterocycles. The van der Waals surface area contributed by atoms with Crippen LogP contribution in [0.2, 0.25) is 0 Å². The summed E-state index contributed by atoms with van der Waals surface area (Å²) in [6, 6.07) is 21.6. The van der Waals surface area contributed by atoms with Gasteiger partial charge in [-0.05, 0) is 67.6 Å². The minimum atomic E-state index is -0.274. The lowest BCUT2D eigenvalue weighted by Crippen LogP contribution is -2.13. The molecule has 0 aliphatic rings. The average molecular weight is 415 g/mol. The molecule has 0 unspecified atom stereocenters. The monoisotopic (exact) mass is 415 g/mol. The first-order chi connectivity index (χ1) is 15.2. The van der Waals surface area contributed by atoms with Crippen LogP contribution < -0.4 is 14.8 Å². The maximum atomic E-state index is 12.9. The van der Waals surface area contributed by atoms with Gasteiger partial charge in [-0.15, -0.1) is 0 Å². The van der Waals surface area contributed by atoms with Crippen molar-refractivity contribution in [2.24, 2.45) is 0 Å². The zero-order valence-electron chi connectivity index (χ0n) is 17.2. The number of carbonyl (C=O) groups is 1. The Morgan fingerprint density at radius 2 is 1.68 bits per heavy atom. The molecular formula is C24H21N3O4. The molecule has 31 heavy (non-hydrogen) atoms. The number of hydrogen-bond donors (Lipinski definition) is 1. The highest BCUT2D eigenvalue weighted by molar-refractivity contribution is 6.08. The van der Waals surface area contributed by atoms with Crippen LogP contribution in [-0.4, -0.2) is 29.8 Å². The SMILES string of the molecule is CCOc1ccc(NC(=O)c2ccccc2-c2nc(-c3ccc(OC)cc3)no2)cc1. The Morgan fingerprint density at radius 3 is 2.39 bits per heavy atom. The number of hydrogen-bond acceptors (Lipinski definition) is 6. The summed E-state index contributed by atoms with van der Waals surface area (Å²) in [5.41, 5.74) is 2.43. The predicted octanol–water partition coefficient (Wildman–Crippen LogP) is 5.06. The smallest absolute Gasteiger partial charge is 0.259 e. The first kappa shape index (κ1) is 20.2. The summed E-state index contributed by atoms with van der Waals surface area (Å²) in [6.45, 7) is 2.51. The number of benzene rings is 3. The fraction of sp³-hybridized carbons (Fsp3) is 0.125. The van der Waals surface area contributed by atoms with Gasteiger partial charge in [0.1, 0.15) is 11.5 Å². The topological polar surface area (TPSA) is 86.5 Å². The summed E-state index contributed by atoms with van der Waals surface area (Å²) < 4.78 is 16.1. The fourth-order valence-corrected chi connectivity index (χ4v) is 3.06. The van der Waals surface area contributed by atoms with Crippen molar-refractivity contribution in [2.45, 2.75) is 6.92 Å². The highest BCUT2D eigenvalue weighted by atomic mass is 16.5. The van der Waals surface area contributed by atoms with Gasteiger partial charge >= 0.3 is 0 Å². The highest BCUT2D eigenvalue weighted by Crippen LogP contribution is 2.27. The molecule has 0 spiro atoms. The molecule has 0 aliphatic carbocycles. The first-order valence-corrected chi connectivity index (χ1v) is 9.79. The summed E-state index contributed by atoms with van der Waals surface area (Å²) in [7, 11) is 1.61. The third-order valence-electron chi connectivity index (χ3n) is 4.60. The molecule has 7 nitrogen and oxygen atoms in total. The van der Waals surface area contributed by atoms with E-state index in [0.29, 0.717) is 29.2 Å². The molecular weight excluding hydrogens is 394 g/mol. The Hall–Kier alpha value is -4.13. The summed E-state index contributed by atoms with van der Waals surface area (Å²) in [6.07, 6.45) is 0. The van der Waals surface area contributed by atoms with Crippen LogP contribution in [0.5, 0.6) is 11.5 Å².